The summed E-state index contributed by atoms with van der Waals surface area (Å²) < 4.78 is 13.1. The highest BCUT2D eigenvalue weighted by atomic mass is 35.5. The van der Waals surface area contributed by atoms with Gasteiger partial charge in [0.2, 0.25) is 11.8 Å². The van der Waals surface area contributed by atoms with Gasteiger partial charge in [0.25, 0.3) is 0 Å². The minimum atomic E-state index is -0.569. The minimum absolute atomic E-state index is 0.0156. The molecule has 0 saturated heterocycles. The topological polar surface area (TPSA) is 49.4 Å². The summed E-state index contributed by atoms with van der Waals surface area (Å²) in [4.78, 5) is 24.5. The molecule has 19 heavy (non-hydrogen) atoms. The van der Waals surface area contributed by atoms with E-state index in [1.54, 1.807) is 0 Å². The van der Waals surface area contributed by atoms with Gasteiger partial charge in [-0.15, -0.1) is 0 Å². The standard InChI is InChI=1S/C13H16ClFN2O2/c1-8(2)16-13(19)7-17(9(3)18)10-4-5-12(15)11(14)6-10/h4-6,8H,7H2,1-3H3,(H,16,19). The summed E-state index contributed by atoms with van der Waals surface area (Å²) in [5.74, 6) is -1.17. The molecule has 0 spiro atoms. The Morgan fingerprint density at radius 2 is 2.05 bits per heavy atom. The number of carbonyl (C=O) groups is 2. The number of amides is 2. The molecule has 1 rings (SSSR count). The van der Waals surface area contributed by atoms with Gasteiger partial charge in [0.05, 0.1) is 5.02 Å². The molecule has 1 aromatic carbocycles. The Kier molecular flexibility index (Phi) is 5.30. The van der Waals surface area contributed by atoms with Gasteiger partial charge in [-0.25, -0.2) is 4.39 Å². The van der Waals surface area contributed by atoms with Crippen LogP contribution in [-0.2, 0) is 9.59 Å². The van der Waals surface area contributed by atoms with Crippen LogP contribution in [0.2, 0.25) is 5.02 Å². The van der Waals surface area contributed by atoms with Gasteiger partial charge in [-0.05, 0) is 32.0 Å². The summed E-state index contributed by atoms with van der Waals surface area (Å²) in [7, 11) is 0. The number of nitrogens with zero attached hydrogens (tertiary/aromatic N) is 1. The van der Waals surface area contributed by atoms with Crippen molar-refractivity contribution in [3.05, 3.63) is 29.0 Å². The lowest BCUT2D eigenvalue weighted by Gasteiger charge is -2.21. The van der Waals surface area contributed by atoms with Crippen molar-refractivity contribution in [3.8, 4) is 0 Å². The predicted octanol–water partition coefficient (Wildman–Crippen LogP) is 2.36. The van der Waals surface area contributed by atoms with Gasteiger partial charge >= 0.3 is 0 Å². The van der Waals surface area contributed by atoms with Crippen molar-refractivity contribution in [2.75, 3.05) is 11.4 Å². The van der Waals surface area contributed by atoms with Crippen LogP contribution in [0.5, 0.6) is 0 Å². The number of nitrogens with one attached hydrogen (secondary N) is 1. The Morgan fingerprint density at radius 3 is 2.53 bits per heavy atom. The molecule has 0 aromatic heterocycles. The SMILES string of the molecule is CC(=O)N(CC(=O)NC(C)C)c1ccc(F)c(Cl)c1. The minimum Gasteiger partial charge on any atom is -0.352 e. The van der Waals surface area contributed by atoms with E-state index >= 15 is 0 Å². The fraction of sp³-hybridized carbons (Fsp3) is 0.385. The van der Waals surface area contributed by atoms with Crippen molar-refractivity contribution >= 4 is 29.1 Å². The molecule has 0 bridgehead atoms. The summed E-state index contributed by atoms with van der Waals surface area (Å²) in [6.45, 7) is 4.85. The summed E-state index contributed by atoms with van der Waals surface area (Å²) in [6.07, 6.45) is 0. The van der Waals surface area contributed by atoms with Crippen LogP contribution in [0.3, 0.4) is 0 Å². The highest BCUT2D eigenvalue weighted by molar-refractivity contribution is 6.31. The van der Waals surface area contributed by atoms with Crippen molar-refractivity contribution in [1.82, 2.24) is 5.32 Å². The van der Waals surface area contributed by atoms with E-state index in [1.165, 1.54) is 24.0 Å². The van der Waals surface area contributed by atoms with Crippen molar-refractivity contribution in [2.24, 2.45) is 0 Å². The maximum absolute atomic E-state index is 13.1. The van der Waals surface area contributed by atoms with E-state index in [4.69, 9.17) is 11.6 Å². The lowest BCUT2D eigenvalue weighted by molar-refractivity contribution is -0.123. The predicted molar refractivity (Wildman–Crippen MR) is 72.7 cm³/mol. The third-order valence-corrected chi connectivity index (χ3v) is 2.64. The second-order valence-corrected chi connectivity index (χ2v) is 4.83. The van der Waals surface area contributed by atoms with Crippen molar-refractivity contribution in [2.45, 2.75) is 26.8 Å². The first kappa shape index (κ1) is 15.4. The number of halogens is 2. The Balaban J connectivity index is 2.91. The maximum atomic E-state index is 13.1. The Labute approximate surface area is 116 Å². The lowest BCUT2D eigenvalue weighted by atomic mass is 10.2. The fourth-order valence-corrected chi connectivity index (χ4v) is 1.72. The van der Waals surface area contributed by atoms with E-state index in [2.05, 4.69) is 5.32 Å². The monoisotopic (exact) mass is 286 g/mol. The molecular formula is C13H16ClFN2O2. The highest BCUT2D eigenvalue weighted by Crippen LogP contribution is 2.22. The second-order valence-electron chi connectivity index (χ2n) is 4.43. The van der Waals surface area contributed by atoms with Gasteiger partial charge in [0.1, 0.15) is 12.4 Å². The van der Waals surface area contributed by atoms with Crippen molar-refractivity contribution in [3.63, 3.8) is 0 Å². The van der Waals surface area contributed by atoms with Crippen LogP contribution in [0.25, 0.3) is 0 Å². The molecule has 1 aromatic rings. The van der Waals surface area contributed by atoms with Gasteiger partial charge < -0.3 is 10.2 Å². The van der Waals surface area contributed by atoms with Crippen LogP contribution >= 0.6 is 11.6 Å². The van der Waals surface area contributed by atoms with E-state index in [0.717, 1.165) is 6.07 Å². The summed E-state index contributed by atoms with van der Waals surface area (Å²) in [6, 6.07) is 3.87. The third-order valence-electron chi connectivity index (χ3n) is 2.35. The van der Waals surface area contributed by atoms with Crippen molar-refractivity contribution in [1.29, 1.82) is 0 Å². The Morgan fingerprint density at radius 1 is 1.42 bits per heavy atom. The molecule has 1 N–H and O–H groups in total. The molecule has 0 aliphatic rings. The van der Waals surface area contributed by atoms with E-state index in [1.807, 2.05) is 13.8 Å². The van der Waals surface area contributed by atoms with Crippen LogP contribution in [0, 0.1) is 5.82 Å². The molecule has 4 nitrogen and oxygen atoms in total. The zero-order chi connectivity index (χ0) is 14.6. The van der Waals surface area contributed by atoms with Gasteiger partial charge in [0.15, 0.2) is 0 Å². The maximum Gasteiger partial charge on any atom is 0.240 e. The number of hydrogen-bond acceptors (Lipinski definition) is 2. The molecule has 0 radical (unpaired) electrons. The molecule has 0 atom stereocenters. The summed E-state index contributed by atoms with van der Waals surface area (Å²) in [5.41, 5.74) is 0.387. The Hall–Kier alpha value is -1.62. The number of hydrogen-bond donors (Lipinski definition) is 1. The molecule has 2 amide bonds. The first-order valence-electron chi connectivity index (χ1n) is 5.83. The lowest BCUT2D eigenvalue weighted by Crippen LogP contribution is -2.42. The highest BCUT2D eigenvalue weighted by Gasteiger charge is 2.17. The van der Waals surface area contributed by atoms with Crippen LogP contribution < -0.4 is 10.2 Å². The smallest absolute Gasteiger partial charge is 0.240 e. The Bertz CT molecular complexity index is 492. The first-order chi connectivity index (χ1) is 8.81. The number of rotatable bonds is 4. The van der Waals surface area contributed by atoms with Gasteiger partial charge in [-0.3, -0.25) is 9.59 Å². The number of carbonyl (C=O) groups excluding carboxylic acids is 2. The second kappa shape index (κ2) is 6.52. The quantitative estimate of drug-likeness (QED) is 0.924. The van der Waals surface area contributed by atoms with Crippen LogP contribution in [0.4, 0.5) is 10.1 Å². The molecule has 0 aliphatic heterocycles. The van der Waals surface area contributed by atoms with E-state index in [-0.39, 0.29) is 29.4 Å². The zero-order valence-electron chi connectivity index (χ0n) is 11.0. The molecule has 104 valence electrons. The summed E-state index contributed by atoms with van der Waals surface area (Å²) in [5, 5.41) is 2.59. The molecule has 0 heterocycles. The van der Waals surface area contributed by atoms with E-state index in [0.29, 0.717) is 5.69 Å². The largest absolute Gasteiger partial charge is 0.352 e. The van der Waals surface area contributed by atoms with Crippen LogP contribution in [0.15, 0.2) is 18.2 Å². The number of benzene rings is 1. The zero-order valence-corrected chi connectivity index (χ0v) is 11.8. The molecular weight excluding hydrogens is 271 g/mol. The average molecular weight is 287 g/mol. The van der Waals surface area contributed by atoms with E-state index < -0.39 is 5.82 Å². The molecule has 0 fully saturated rings. The number of anilines is 1. The first-order valence-corrected chi connectivity index (χ1v) is 6.21. The van der Waals surface area contributed by atoms with E-state index in [9.17, 15) is 14.0 Å². The molecule has 0 saturated carbocycles. The van der Waals surface area contributed by atoms with Gasteiger partial charge in [-0.2, -0.15) is 0 Å². The molecule has 0 unspecified atom stereocenters. The van der Waals surface area contributed by atoms with Gasteiger partial charge in [-0.1, -0.05) is 11.6 Å². The molecule has 0 aliphatic carbocycles. The fourth-order valence-electron chi connectivity index (χ4n) is 1.55. The average Bonchev–Trinajstić information content (AvgIpc) is 2.28. The molecule has 6 heteroatoms. The van der Waals surface area contributed by atoms with Crippen LogP contribution in [-0.4, -0.2) is 24.4 Å². The van der Waals surface area contributed by atoms with Crippen LogP contribution in [0.1, 0.15) is 20.8 Å². The van der Waals surface area contributed by atoms with Gasteiger partial charge in [0, 0.05) is 18.7 Å². The normalized spacial score (nSPS) is 10.4. The van der Waals surface area contributed by atoms with Crippen molar-refractivity contribution < 1.29 is 14.0 Å². The third kappa shape index (κ3) is 4.52. The summed E-state index contributed by atoms with van der Waals surface area (Å²) >= 11 is 5.67.